The number of alkyl halides is 3. The largest absolute Gasteiger partial charge is 0.461 e. The molecule has 0 aliphatic rings. The minimum atomic E-state index is -2.79. The zero-order chi connectivity index (χ0) is 13.0. The molecule has 1 aromatic rings. The third-order valence-corrected chi connectivity index (χ3v) is 3.10. The molecule has 0 radical (unpaired) electrons. The summed E-state index contributed by atoms with van der Waals surface area (Å²) in [7, 11) is 0. The van der Waals surface area contributed by atoms with E-state index >= 15 is 0 Å². The Morgan fingerprint density at radius 3 is 2.76 bits per heavy atom. The van der Waals surface area contributed by atoms with E-state index in [9.17, 15) is 13.6 Å². The van der Waals surface area contributed by atoms with Gasteiger partial charge in [-0.05, 0) is 34.5 Å². The fraction of sp³-hybridized carbons (Fsp3) is 0.400. The SMILES string of the molecule is CCOC(=O)c1cc(CCl)c(Br)c(C(F)F)n1. The van der Waals surface area contributed by atoms with Gasteiger partial charge in [0.05, 0.1) is 6.61 Å². The van der Waals surface area contributed by atoms with Crippen LogP contribution in [-0.2, 0) is 10.6 Å². The molecule has 0 unspecified atom stereocenters. The van der Waals surface area contributed by atoms with Crippen LogP contribution in [0.1, 0.15) is 35.1 Å². The number of carbonyl (C=O) groups is 1. The molecule has 0 bridgehead atoms. The molecule has 0 aliphatic carbocycles. The first-order valence-corrected chi connectivity index (χ1v) is 6.04. The van der Waals surface area contributed by atoms with Crippen LogP contribution < -0.4 is 0 Å². The average molecular weight is 329 g/mol. The van der Waals surface area contributed by atoms with E-state index in [0.29, 0.717) is 5.56 Å². The summed E-state index contributed by atoms with van der Waals surface area (Å²) < 4.78 is 30.2. The van der Waals surface area contributed by atoms with E-state index in [1.54, 1.807) is 6.92 Å². The fourth-order valence-electron chi connectivity index (χ4n) is 1.16. The van der Waals surface area contributed by atoms with Crippen molar-refractivity contribution >= 4 is 33.5 Å². The van der Waals surface area contributed by atoms with Crippen LogP contribution in [0.15, 0.2) is 10.5 Å². The maximum Gasteiger partial charge on any atom is 0.356 e. The van der Waals surface area contributed by atoms with Gasteiger partial charge >= 0.3 is 5.97 Å². The lowest BCUT2D eigenvalue weighted by molar-refractivity contribution is 0.0517. The molecule has 3 nitrogen and oxygen atoms in total. The Morgan fingerprint density at radius 2 is 2.29 bits per heavy atom. The summed E-state index contributed by atoms with van der Waals surface area (Å²) >= 11 is 8.59. The Morgan fingerprint density at radius 1 is 1.65 bits per heavy atom. The lowest BCUT2D eigenvalue weighted by atomic mass is 10.2. The van der Waals surface area contributed by atoms with Crippen LogP contribution in [0.5, 0.6) is 0 Å². The number of hydrogen-bond acceptors (Lipinski definition) is 3. The predicted octanol–water partition coefficient (Wildman–Crippen LogP) is 3.70. The first-order chi connectivity index (χ1) is 8.01. The van der Waals surface area contributed by atoms with Crippen LogP contribution in [0.4, 0.5) is 8.78 Å². The van der Waals surface area contributed by atoms with Crippen molar-refractivity contribution in [3.05, 3.63) is 27.5 Å². The highest BCUT2D eigenvalue weighted by molar-refractivity contribution is 9.10. The highest BCUT2D eigenvalue weighted by atomic mass is 79.9. The van der Waals surface area contributed by atoms with E-state index in [1.165, 1.54) is 6.07 Å². The molecule has 1 aromatic heterocycles. The first kappa shape index (κ1) is 14.3. The van der Waals surface area contributed by atoms with E-state index in [4.69, 9.17) is 16.3 Å². The molecule has 1 rings (SSSR count). The molecule has 0 N–H and O–H groups in total. The van der Waals surface area contributed by atoms with Gasteiger partial charge in [0.1, 0.15) is 11.4 Å². The Balaban J connectivity index is 3.25. The van der Waals surface area contributed by atoms with E-state index in [2.05, 4.69) is 20.9 Å². The van der Waals surface area contributed by atoms with Gasteiger partial charge in [-0.25, -0.2) is 18.6 Å². The summed E-state index contributed by atoms with van der Waals surface area (Å²) in [5.74, 6) is -0.747. The molecule has 7 heteroatoms. The molecule has 0 atom stereocenters. The van der Waals surface area contributed by atoms with Crippen LogP contribution in [0, 0.1) is 0 Å². The third-order valence-electron chi connectivity index (χ3n) is 1.89. The van der Waals surface area contributed by atoms with Crippen molar-refractivity contribution in [2.45, 2.75) is 19.2 Å². The maximum atomic E-state index is 12.7. The maximum absolute atomic E-state index is 12.7. The standard InChI is InChI=1S/C10H9BrClF2NO2/c1-2-17-10(16)6-3-5(4-12)7(11)8(15-6)9(13)14/h3,9H,2,4H2,1H3. The zero-order valence-corrected chi connectivity index (χ0v) is 11.2. The van der Waals surface area contributed by atoms with E-state index < -0.39 is 18.1 Å². The summed E-state index contributed by atoms with van der Waals surface area (Å²) in [6.45, 7) is 1.77. The Labute approximate surface area is 110 Å². The van der Waals surface area contributed by atoms with Gasteiger partial charge in [-0.1, -0.05) is 0 Å². The second-order valence-corrected chi connectivity index (χ2v) is 4.08. The highest BCUT2D eigenvalue weighted by Crippen LogP contribution is 2.30. The number of pyridine rings is 1. The first-order valence-electron chi connectivity index (χ1n) is 4.71. The van der Waals surface area contributed by atoms with Gasteiger partial charge in [0.2, 0.25) is 0 Å². The number of rotatable bonds is 4. The summed E-state index contributed by atoms with van der Waals surface area (Å²) in [4.78, 5) is 15.0. The number of halogens is 4. The predicted molar refractivity (Wildman–Crippen MR) is 62.4 cm³/mol. The Bertz CT molecular complexity index is 429. The van der Waals surface area contributed by atoms with Crippen molar-refractivity contribution in [2.24, 2.45) is 0 Å². The topological polar surface area (TPSA) is 39.2 Å². The van der Waals surface area contributed by atoms with Gasteiger partial charge in [-0.15, -0.1) is 11.6 Å². The number of hydrogen-bond donors (Lipinski definition) is 0. The molecular weight excluding hydrogens is 319 g/mol. The molecule has 0 amide bonds. The molecule has 0 fully saturated rings. The lowest BCUT2D eigenvalue weighted by Crippen LogP contribution is -2.10. The normalized spacial score (nSPS) is 10.7. The van der Waals surface area contributed by atoms with Crippen molar-refractivity contribution in [1.29, 1.82) is 0 Å². The number of esters is 1. The van der Waals surface area contributed by atoms with Crippen LogP contribution in [0.3, 0.4) is 0 Å². The van der Waals surface area contributed by atoms with Gasteiger partial charge in [0, 0.05) is 10.4 Å². The smallest absolute Gasteiger partial charge is 0.356 e. The number of aromatic nitrogens is 1. The van der Waals surface area contributed by atoms with E-state index in [-0.39, 0.29) is 22.7 Å². The second-order valence-electron chi connectivity index (χ2n) is 3.02. The van der Waals surface area contributed by atoms with Crippen LogP contribution in [0.25, 0.3) is 0 Å². The van der Waals surface area contributed by atoms with Crippen molar-refractivity contribution < 1.29 is 18.3 Å². The van der Waals surface area contributed by atoms with Crippen LogP contribution in [-0.4, -0.2) is 17.6 Å². The van der Waals surface area contributed by atoms with Crippen molar-refractivity contribution in [2.75, 3.05) is 6.61 Å². The zero-order valence-electron chi connectivity index (χ0n) is 8.84. The van der Waals surface area contributed by atoms with Crippen molar-refractivity contribution in [1.82, 2.24) is 4.98 Å². The number of ether oxygens (including phenoxy) is 1. The number of carbonyl (C=O) groups excluding carboxylic acids is 1. The molecule has 0 spiro atoms. The van der Waals surface area contributed by atoms with E-state index in [1.807, 2.05) is 0 Å². The van der Waals surface area contributed by atoms with Crippen LogP contribution >= 0.6 is 27.5 Å². The third kappa shape index (κ3) is 3.35. The van der Waals surface area contributed by atoms with Gasteiger partial charge in [0.25, 0.3) is 6.43 Å². The van der Waals surface area contributed by atoms with E-state index in [0.717, 1.165) is 0 Å². The molecule has 17 heavy (non-hydrogen) atoms. The lowest BCUT2D eigenvalue weighted by Gasteiger charge is -2.09. The van der Waals surface area contributed by atoms with Crippen molar-refractivity contribution in [3.63, 3.8) is 0 Å². The molecule has 0 saturated carbocycles. The molecule has 1 heterocycles. The van der Waals surface area contributed by atoms with Crippen LogP contribution in [0.2, 0.25) is 0 Å². The summed E-state index contributed by atoms with van der Waals surface area (Å²) in [5.41, 5.74) is -0.299. The van der Waals surface area contributed by atoms with Gasteiger partial charge in [-0.3, -0.25) is 0 Å². The van der Waals surface area contributed by atoms with Gasteiger partial charge < -0.3 is 4.74 Å². The Hall–Kier alpha value is -0.750. The summed E-state index contributed by atoms with van der Waals surface area (Å²) in [6, 6.07) is 1.33. The summed E-state index contributed by atoms with van der Waals surface area (Å²) in [5, 5.41) is 0. The molecule has 94 valence electrons. The molecule has 0 aromatic carbocycles. The monoisotopic (exact) mass is 327 g/mol. The minimum absolute atomic E-state index is 0.00473. The fourth-order valence-corrected chi connectivity index (χ4v) is 2.04. The van der Waals surface area contributed by atoms with Gasteiger partial charge in [0.15, 0.2) is 0 Å². The highest BCUT2D eigenvalue weighted by Gasteiger charge is 2.21. The average Bonchev–Trinajstić information content (AvgIpc) is 2.29. The van der Waals surface area contributed by atoms with Gasteiger partial charge in [-0.2, -0.15) is 0 Å². The second kappa shape index (κ2) is 6.26. The quantitative estimate of drug-likeness (QED) is 0.625. The Kier molecular flexibility index (Phi) is 5.27. The minimum Gasteiger partial charge on any atom is -0.461 e. The van der Waals surface area contributed by atoms with Crippen molar-refractivity contribution in [3.8, 4) is 0 Å². The number of nitrogens with zero attached hydrogens (tertiary/aromatic N) is 1. The molecular formula is C10H9BrClF2NO2. The summed E-state index contributed by atoms with van der Waals surface area (Å²) in [6.07, 6.45) is -2.79. The molecule has 0 aliphatic heterocycles. The molecule has 0 saturated heterocycles.